The number of hydrogen-bond donors (Lipinski definition) is 2. The second-order valence-electron chi connectivity index (χ2n) is 3.64. The monoisotopic (exact) mass is 202 g/mol. The van der Waals surface area contributed by atoms with Crippen molar-refractivity contribution in [3.05, 3.63) is 35.5 Å². The van der Waals surface area contributed by atoms with Crippen molar-refractivity contribution in [2.45, 2.75) is 13.8 Å². The lowest BCUT2D eigenvalue weighted by atomic mass is 10.2. The van der Waals surface area contributed by atoms with Crippen molar-refractivity contribution in [2.75, 3.05) is 11.5 Å². The summed E-state index contributed by atoms with van der Waals surface area (Å²) in [6.07, 6.45) is 0. The molecule has 0 fully saturated rings. The number of nitrogens with zero attached hydrogens (tertiary/aromatic N) is 2. The van der Waals surface area contributed by atoms with Gasteiger partial charge in [0.05, 0.1) is 17.1 Å². The zero-order valence-electron chi connectivity index (χ0n) is 8.86. The Morgan fingerprint density at radius 3 is 2.47 bits per heavy atom. The standard InChI is InChI=1S/C11H14N4/c1-7-4-3-5-9(6-7)15-11(13)10(12)8(2)14-15/h3-6H,12-13H2,1-2H3. The molecule has 4 heteroatoms. The Bertz CT molecular complexity index is 499. The first-order valence-corrected chi connectivity index (χ1v) is 4.77. The van der Waals surface area contributed by atoms with Gasteiger partial charge in [0.25, 0.3) is 0 Å². The molecule has 1 aromatic heterocycles. The zero-order chi connectivity index (χ0) is 11.0. The number of nitrogen functional groups attached to an aromatic ring is 2. The van der Waals surface area contributed by atoms with Crippen LogP contribution in [0.15, 0.2) is 24.3 Å². The lowest BCUT2D eigenvalue weighted by Crippen LogP contribution is -2.03. The van der Waals surface area contributed by atoms with E-state index in [9.17, 15) is 0 Å². The lowest BCUT2D eigenvalue weighted by molar-refractivity contribution is 0.871. The molecule has 0 saturated carbocycles. The number of benzene rings is 1. The molecule has 0 spiro atoms. The summed E-state index contributed by atoms with van der Waals surface area (Å²) >= 11 is 0. The number of rotatable bonds is 1. The van der Waals surface area contributed by atoms with Crippen LogP contribution in [-0.4, -0.2) is 9.78 Å². The molecule has 78 valence electrons. The van der Waals surface area contributed by atoms with E-state index < -0.39 is 0 Å². The first-order valence-electron chi connectivity index (χ1n) is 4.77. The van der Waals surface area contributed by atoms with Gasteiger partial charge in [0.2, 0.25) is 0 Å². The van der Waals surface area contributed by atoms with E-state index >= 15 is 0 Å². The van der Waals surface area contributed by atoms with Crippen LogP contribution < -0.4 is 11.5 Å². The summed E-state index contributed by atoms with van der Waals surface area (Å²) in [6, 6.07) is 7.97. The van der Waals surface area contributed by atoms with E-state index in [-0.39, 0.29) is 0 Å². The predicted octanol–water partition coefficient (Wildman–Crippen LogP) is 1.65. The summed E-state index contributed by atoms with van der Waals surface area (Å²) < 4.78 is 1.66. The van der Waals surface area contributed by atoms with Crippen LogP contribution in [0.25, 0.3) is 5.69 Å². The minimum Gasteiger partial charge on any atom is -0.394 e. The summed E-state index contributed by atoms with van der Waals surface area (Å²) in [6.45, 7) is 3.87. The predicted molar refractivity (Wildman–Crippen MR) is 61.9 cm³/mol. The Kier molecular flexibility index (Phi) is 2.11. The van der Waals surface area contributed by atoms with Gasteiger partial charge in [0.15, 0.2) is 5.82 Å². The fourth-order valence-electron chi connectivity index (χ4n) is 1.51. The molecule has 0 aliphatic carbocycles. The Hall–Kier alpha value is -1.97. The molecule has 1 aromatic carbocycles. The van der Waals surface area contributed by atoms with Gasteiger partial charge >= 0.3 is 0 Å². The zero-order valence-corrected chi connectivity index (χ0v) is 8.86. The maximum Gasteiger partial charge on any atom is 0.150 e. The number of hydrogen-bond acceptors (Lipinski definition) is 3. The third-order valence-electron chi connectivity index (χ3n) is 2.39. The van der Waals surface area contributed by atoms with Gasteiger partial charge in [-0.05, 0) is 31.5 Å². The highest BCUT2D eigenvalue weighted by Crippen LogP contribution is 2.22. The summed E-state index contributed by atoms with van der Waals surface area (Å²) in [7, 11) is 0. The van der Waals surface area contributed by atoms with Crippen LogP contribution in [-0.2, 0) is 0 Å². The normalized spacial score (nSPS) is 10.5. The number of aryl methyl sites for hydroxylation is 2. The molecular weight excluding hydrogens is 188 g/mol. The number of anilines is 2. The molecule has 0 saturated heterocycles. The van der Waals surface area contributed by atoms with Crippen LogP contribution in [0.5, 0.6) is 0 Å². The maximum absolute atomic E-state index is 5.86. The number of nitrogens with two attached hydrogens (primary N) is 2. The highest BCUT2D eigenvalue weighted by molar-refractivity contribution is 5.64. The molecule has 0 radical (unpaired) electrons. The molecule has 1 heterocycles. The minimum atomic E-state index is 0.498. The molecule has 15 heavy (non-hydrogen) atoms. The fraction of sp³-hybridized carbons (Fsp3) is 0.182. The highest BCUT2D eigenvalue weighted by Gasteiger charge is 2.10. The van der Waals surface area contributed by atoms with Crippen molar-refractivity contribution in [3.8, 4) is 5.69 Å². The topological polar surface area (TPSA) is 69.9 Å². The Balaban J connectivity index is 2.59. The van der Waals surface area contributed by atoms with Crippen molar-refractivity contribution in [3.63, 3.8) is 0 Å². The van der Waals surface area contributed by atoms with E-state index in [1.165, 1.54) is 5.56 Å². The third-order valence-corrected chi connectivity index (χ3v) is 2.39. The smallest absolute Gasteiger partial charge is 0.150 e. The van der Waals surface area contributed by atoms with E-state index in [2.05, 4.69) is 5.10 Å². The molecule has 0 aliphatic heterocycles. The van der Waals surface area contributed by atoms with Crippen molar-refractivity contribution in [2.24, 2.45) is 0 Å². The molecule has 2 aromatic rings. The van der Waals surface area contributed by atoms with E-state index in [1.807, 2.05) is 38.1 Å². The number of aromatic nitrogens is 2. The van der Waals surface area contributed by atoms with E-state index in [1.54, 1.807) is 4.68 Å². The van der Waals surface area contributed by atoms with Crippen molar-refractivity contribution in [1.29, 1.82) is 0 Å². The van der Waals surface area contributed by atoms with Gasteiger partial charge in [0, 0.05) is 0 Å². The van der Waals surface area contributed by atoms with Gasteiger partial charge in [-0.15, -0.1) is 0 Å². The fourth-order valence-corrected chi connectivity index (χ4v) is 1.51. The summed E-state index contributed by atoms with van der Waals surface area (Å²) in [4.78, 5) is 0. The SMILES string of the molecule is Cc1cccc(-n2nc(C)c(N)c2N)c1. The van der Waals surface area contributed by atoms with Crippen molar-refractivity contribution >= 4 is 11.5 Å². The van der Waals surface area contributed by atoms with Crippen LogP contribution in [0.1, 0.15) is 11.3 Å². The molecule has 4 nitrogen and oxygen atoms in total. The van der Waals surface area contributed by atoms with Gasteiger partial charge < -0.3 is 11.5 Å². The molecule has 0 unspecified atom stereocenters. The third kappa shape index (κ3) is 1.54. The van der Waals surface area contributed by atoms with Gasteiger partial charge in [0.1, 0.15) is 0 Å². The average molecular weight is 202 g/mol. The van der Waals surface area contributed by atoms with Gasteiger partial charge in [-0.3, -0.25) is 0 Å². The first kappa shape index (κ1) is 9.58. The first-order chi connectivity index (χ1) is 7.09. The lowest BCUT2D eigenvalue weighted by Gasteiger charge is -2.04. The van der Waals surface area contributed by atoms with Crippen LogP contribution in [0.4, 0.5) is 11.5 Å². The van der Waals surface area contributed by atoms with Crippen LogP contribution in [0.3, 0.4) is 0 Å². The van der Waals surface area contributed by atoms with Gasteiger partial charge in [-0.25, -0.2) is 4.68 Å². The van der Waals surface area contributed by atoms with E-state index in [0.29, 0.717) is 11.5 Å². The van der Waals surface area contributed by atoms with E-state index in [0.717, 1.165) is 11.4 Å². The van der Waals surface area contributed by atoms with Crippen LogP contribution >= 0.6 is 0 Å². The molecule has 0 atom stereocenters. The second kappa shape index (κ2) is 3.31. The Morgan fingerprint density at radius 1 is 1.20 bits per heavy atom. The van der Waals surface area contributed by atoms with E-state index in [4.69, 9.17) is 11.5 Å². The van der Waals surface area contributed by atoms with Crippen LogP contribution in [0.2, 0.25) is 0 Å². The molecule has 2 rings (SSSR count). The average Bonchev–Trinajstić information content (AvgIpc) is 2.46. The molecule has 0 bridgehead atoms. The minimum absolute atomic E-state index is 0.498. The largest absolute Gasteiger partial charge is 0.394 e. The van der Waals surface area contributed by atoms with Crippen molar-refractivity contribution in [1.82, 2.24) is 9.78 Å². The Labute approximate surface area is 88.5 Å². The molecule has 0 aliphatic rings. The second-order valence-corrected chi connectivity index (χ2v) is 3.64. The summed E-state index contributed by atoms with van der Waals surface area (Å²) in [5.74, 6) is 0.498. The molecular formula is C11H14N4. The summed E-state index contributed by atoms with van der Waals surface area (Å²) in [5, 5.41) is 4.29. The Morgan fingerprint density at radius 2 is 1.93 bits per heavy atom. The van der Waals surface area contributed by atoms with Crippen molar-refractivity contribution < 1.29 is 0 Å². The van der Waals surface area contributed by atoms with Gasteiger partial charge in [-0.1, -0.05) is 12.1 Å². The molecule has 4 N–H and O–H groups in total. The highest BCUT2D eigenvalue weighted by atomic mass is 15.3. The summed E-state index contributed by atoms with van der Waals surface area (Å²) in [5.41, 5.74) is 15.0. The van der Waals surface area contributed by atoms with Crippen LogP contribution in [0, 0.1) is 13.8 Å². The maximum atomic E-state index is 5.86. The molecule has 0 amide bonds. The van der Waals surface area contributed by atoms with Gasteiger partial charge in [-0.2, -0.15) is 5.10 Å². The quantitative estimate of drug-likeness (QED) is 0.738.